The molecule has 4 aromatic rings. The molecule has 7 nitrogen and oxygen atoms in total. The normalized spacial score (nSPS) is 14.3. The first-order valence-corrected chi connectivity index (χ1v) is 10.9. The molecule has 0 atom stereocenters. The molecule has 2 aromatic carbocycles. The van der Waals surface area contributed by atoms with Gasteiger partial charge in [0, 0.05) is 47.5 Å². The lowest BCUT2D eigenvalue weighted by molar-refractivity contribution is -0.126. The number of hydrogen-bond acceptors (Lipinski definition) is 5. The number of fused-ring (bicyclic) bond motifs is 2. The highest BCUT2D eigenvalue weighted by Crippen LogP contribution is 2.39. The first-order chi connectivity index (χ1) is 15.5. The summed E-state index contributed by atoms with van der Waals surface area (Å²) in [5, 5.41) is 9.81. The minimum absolute atomic E-state index is 0.0372. The van der Waals surface area contributed by atoms with Gasteiger partial charge in [-0.2, -0.15) is 5.10 Å². The van der Waals surface area contributed by atoms with Gasteiger partial charge in [-0.25, -0.2) is 9.97 Å². The van der Waals surface area contributed by atoms with Crippen molar-refractivity contribution in [3.8, 4) is 11.1 Å². The van der Waals surface area contributed by atoms with Crippen molar-refractivity contribution in [1.29, 1.82) is 0 Å². The van der Waals surface area contributed by atoms with Crippen molar-refractivity contribution in [2.75, 3.05) is 31.1 Å². The second-order valence-corrected chi connectivity index (χ2v) is 8.46. The number of hydrogen-bond donors (Lipinski definition) is 1. The Hall–Kier alpha value is -3.45. The third-order valence-corrected chi connectivity index (χ3v) is 6.36. The summed E-state index contributed by atoms with van der Waals surface area (Å²) in [6, 6.07) is 8.09. The van der Waals surface area contributed by atoms with Crippen LogP contribution in [0.2, 0.25) is 5.02 Å². The van der Waals surface area contributed by atoms with Gasteiger partial charge in [0.25, 0.3) is 0 Å². The Labute approximate surface area is 190 Å². The lowest BCUT2D eigenvalue weighted by Crippen LogP contribution is -2.48. The number of carbonyl (C=O) groups excluding carboxylic acids is 1. The van der Waals surface area contributed by atoms with E-state index in [4.69, 9.17) is 21.6 Å². The number of amides is 1. The van der Waals surface area contributed by atoms with E-state index in [1.54, 1.807) is 4.90 Å². The quantitative estimate of drug-likeness (QED) is 0.475. The van der Waals surface area contributed by atoms with Crippen LogP contribution in [0, 0.1) is 13.8 Å². The molecule has 3 heterocycles. The van der Waals surface area contributed by atoms with Crippen molar-refractivity contribution in [1.82, 2.24) is 25.1 Å². The van der Waals surface area contributed by atoms with Crippen molar-refractivity contribution in [3.05, 3.63) is 59.5 Å². The molecule has 0 saturated carbocycles. The van der Waals surface area contributed by atoms with E-state index in [2.05, 4.69) is 34.7 Å². The van der Waals surface area contributed by atoms with E-state index >= 15 is 0 Å². The highest BCUT2D eigenvalue weighted by atomic mass is 35.5. The van der Waals surface area contributed by atoms with E-state index in [1.807, 2.05) is 31.3 Å². The molecule has 0 bridgehead atoms. The van der Waals surface area contributed by atoms with Crippen LogP contribution in [0.4, 0.5) is 5.82 Å². The molecule has 32 heavy (non-hydrogen) atoms. The van der Waals surface area contributed by atoms with Crippen molar-refractivity contribution < 1.29 is 4.79 Å². The summed E-state index contributed by atoms with van der Waals surface area (Å²) in [5.74, 6) is 1.51. The number of piperazine rings is 1. The fourth-order valence-corrected chi connectivity index (χ4v) is 4.69. The average molecular weight is 447 g/mol. The molecule has 0 aliphatic carbocycles. The lowest BCUT2D eigenvalue weighted by atomic mass is 9.96. The zero-order valence-corrected chi connectivity index (χ0v) is 18.8. The molecule has 1 aliphatic rings. The van der Waals surface area contributed by atoms with Gasteiger partial charge in [-0.05, 0) is 49.2 Å². The lowest BCUT2D eigenvalue weighted by Gasteiger charge is -2.35. The van der Waals surface area contributed by atoms with Crippen LogP contribution in [-0.4, -0.2) is 57.2 Å². The monoisotopic (exact) mass is 446 g/mol. The molecular weight excluding hydrogens is 424 g/mol. The number of halogens is 1. The van der Waals surface area contributed by atoms with Crippen LogP contribution in [0.15, 0.2) is 43.1 Å². The SMILES string of the molecule is C=CC(=O)N1CCN(c2nc(C)nc3cc(-c4c(C)ccc5[nH]ncc45)c(Cl)cc23)CC1. The van der Waals surface area contributed by atoms with E-state index in [-0.39, 0.29) is 5.91 Å². The number of nitrogens with zero attached hydrogens (tertiary/aromatic N) is 5. The highest BCUT2D eigenvalue weighted by molar-refractivity contribution is 6.35. The largest absolute Gasteiger partial charge is 0.352 e. The number of H-pyrrole nitrogens is 1. The number of nitrogens with one attached hydrogen (secondary N) is 1. The van der Waals surface area contributed by atoms with Crippen LogP contribution in [-0.2, 0) is 4.79 Å². The summed E-state index contributed by atoms with van der Waals surface area (Å²) in [5.41, 5.74) is 4.91. The number of aryl methyl sites for hydroxylation is 2. The van der Waals surface area contributed by atoms with Crippen LogP contribution in [0.25, 0.3) is 32.9 Å². The van der Waals surface area contributed by atoms with Crippen LogP contribution in [0.3, 0.4) is 0 Å². The zero-order chi connectivity index (χ0) is 22.4. The highest BCUT2D eigenvalue weighted by Gasteiger charge is 2.23. The maximum Gasteiger partial charge on any atom is 0.246 e. The molecule has 0 spiro atoms. The Balaban J connectivity index is 1.60. The Morgan fingerprint density at radius 2 is 1.91 bits per heavy atom. The third kappa shape index (κ3) is 3.39. The molecule has 162 valence electrons. The number of carbonyl (C=O) groups is 1. The summed E-state index contributed by atoms with van der Waals surface area (Å²) >= 11 is 6.84. The van der Waals surface area contributed by atoms with Crippen LogP contribution in [0.5, 0.6) is 0 Å². The smallest absolute Gasteiger partial charge is 0.246 e. The molecule has 0 radical (unpaired) electrons. The number of aromatic amines is 1. The van der Waals surface area contributed by atoms with Crippen molar-refractivity contribution >= 4 is 45.1 Å². The van der Waals surface area contributed by atoms with Crippen LogP contribution >= 0.6 is 11.6 Å². The molecule has 8 heteroatoms. The molecule has 5 rings (SSSR count). The van der Waals surface area contributed by atoms with Crippen molar-refractivity contribution in [3.63, 3.8) is 0 Å². The van der Waals surface area contributed by atoms with Crippen LogP contribution < -0.4 is 4.90 Å². The molecule has 0 unspecified atom stereocenters. The van der Waals surface area contributed by atoms with Gasteiger partial charge in [0.05, 0.1) is 17.2 Å². The Kier molecular flexibility index (Phi) is 5.06. The molecule has 1 fully saturated rings. The molecule has 2 aromatic heterocycles. The summed E-state index contributed by atoms with van der Waals surface area (Å²) < 4.78 is 0. The fourth-order valence-electron chi connectivity index (χ4n) is 4.43. The van der Waals surface area contributed by atoms with Gasteiger partial charge in [0.2, 0.25) is 5.91 Å². The zero-order valence-electron chi connectivity index (χ0n) is 18.0. The standard InChI is InChI=1S/C24H23ClN6O/c1-4-22(32)30-7-9-31(10-8-30)24-17-11-19(25)16(12-21(17)27-15(3)28-24)23-14(2)5-6-20-18(23)13-26-29-20/h4-6,11-13H,1,7-10H2,2-3H3,(H,26,29). The maximum absolute atomic E-state index is 11.9. The van der Waals surface area contributed by atoms with E-state index in [9.17, 15) is 4.79 Å². The Morgan fingerprint density at radius 3 is 2.66 bits per heavy atom. The molecular formula is C24H23ClN6O. The van der Waals surface area contributed by atoms with Gasteiger partial charge in [0.1, 0.15) is 11.6 Å². The third-order valence-electron chi connectivity index (χ3n) is 6.04. The predicted octanol–water partition coefficient (Wildman–Crippen LogP) is 4.28. The van der Waals surface area contributed by atoms with Crippen LogP contribution in [0.1, 0.15) is 11.4 Å². The van der Waals surface area contributed by atoms with E-state index in [0.717, 1.165) is 44.3 Å². The Morgan fingerprint density at radius 1 is 1.12 bits per heavy atom. The fraction of sp³-hybridized carbons (Fsp3) is 0.250. The predicted molar refractivity (Wildman–Crippen MR) is 128 cm³/mol. The number of rotatable bonds is 3. The summed E-state index contributed by atoms with van der Waals surface area (Å²) in [7, 11) is 0. The van der Waals surface area contributed by atoms with Crippen molar-refractivity contribution in [2.24, 2.45) is 0 Å². The second-order valence-electron chi connectivity index (χ2n) is 8.05. The Bertz CT molecular complexity index is 1370. The molecule has 1 N–H and O–H groups in total. The first kappa shape index (κ1) is 20.5. The summed E-state index contributed by atoms with van der Waals surface area (Å²) in [6.07, 6.45) is 3.20. The molecule has 1 amide bonds. The minimum Gasteiger partial charge on any atom is -0.352 e. The molecule has 1 saturated heterocycles. The average Bonchev–Trinajstić information content (AvgIpc) is 3.27. The second kappa shape index (κ2) is 7.91. The van der Waals surface area contributed by atoms with Gasteiger partial charge in [-0.1, -0.05) is 24.2 Å². The van der Waals surface area contributed by atoms with Gasteiger partial charge in [-0.15, -0.1) is 0 Å². The van der Waals surface area contributed by atoms with Gasteiger partial charge in [0.15, 0.2) is 0 Å². The first-order valence-electron chi connectivity index (χ1n) is 10.5. The van der Waals surface area contributed by atoms with E-state index < -0.39 is 0 Å². The van der Waals surface area contributed by atoms with E-state index in [0.29, 0.717) is 37.0 Å². The van der Waals surface area contributed by atoms with Crippen molar-refractivity contribution in [2.45, 2.75) is 13.8 Å². The molecule has 1 aliphatic heterocycles. The number of aromatic nitrogens is 4. The maximum atomic E-state index is 11.9. The minimum atomic E-state index is -0.0372. The van der Waals surface area contributed by atoms with Gasteiger partial charge in [-0.3, -0.25) is 9.89 Å². The number of anilines is 1. The van der Waals surface area contributed by atoms with E-state index in [1.165, 1.54) is 6.08 Å². The van der Waals surface area contributed by atoms with Gasteiger partial charge < -0.3 is 9.80 Å². The topological polar surface area (TPSA) is 78.0 Å². The van der Waals surface area contributed by atoms with Gasteiger partial charge >= 0.3 is 0 Å². The summed E-state index contributed by atoms with van der Waals surface area (Å²) in [4.78, 5) is 25.4. The summed E-state index contributed by atoms with van der Waals surface area (Å²) in [6.45, 7) is 10.2. The number of benzene rings is 2.